The molecule has 0 bridgehead atoms. The Morgan fingerprint density at radius 1 is 1.15 bits per heavy atom. The maximum atomic E-state index is 9.60. The summed E-state index contributed by atoms with van der Waals surface area (Å²) in [6, 6.07) is 8.91. The monoisotopic (exact) mass is 274 g/mol. The Balaban J connectivity index is 1.88. The molecular formula is C17H26N2O. The highest BCUT2D eigenvalue weighted by molar-refractivity contribution is 5.48. The average molecular weight is 274 g/mol. The number of nitrogens with zero attached hydrogens (tertiary/aromatic N) is 2. The van der Waals surface area contributed by atoms with Crippen molar-refractivity contribution in [2.24, 2.45) is 0 Å². The number of aliphatic hydroxyl groups excluding tert-OH is 1. The predicted molar refractivity (Wildman–Crippen MR) is 85.4 cm³/mol. The van der Waals surface area contributed by atoms with Crippen LogP contribution in [0.5, 0.6) is 0 Å². The van der Waals surface area contributed by atoms with Crippen molar-refractivity contribution in [3.05, 3.63) is 42.5 Å². The van der Waals surface area contributed by atoms with Gasteiger partial charge in [-0.2, -0.15) is 0 Å². The van der Waals surface area contributed by atoms with Crippen LogP contribution in [0, 0.1) is 0 Å². The Morgan fingerprint density at radius 3 is 2.25 bits per heavy atom. The molecule has 20 heavy (non-hydrogen) atoms. The summed E-state index contributed by atoms with van der Waals surface area (Å²) in [5, 5.41) is 9.60. The van der Waals surface area contributed by atoms with Gasteiger partial charge in [-0.05, 0) is 23.6 Å². The second-order valence-corrected chi connectivity index (χ2v) is 5.84. The number of hydrogen-bond acceptors (Lipinski definition) is 3. The van der Waals surface area contributed by atoms with Gasteiger partial charge >= 0.3 is 0 Å². The topological polar surface area (TPSA) is 26.7 Å². The van der Waals surface area contributed by atoms with Gasteiger partial charge in [0.15, 0.2) is 0 Å². The van der Waals surface area contributed by atoms with Gasteiger partial charge in [0, 0.05) is 38.4 Å². The van der Waals surface area contributed by atoms with Crippen molar-refractivity contribution in [1.29, 1.82) is 0 Å². The van der Waals surface area contributed by atoms with Crippen LogP contribution in [0.1, 0.15) is 25.3 Å². The van der Waals surface area contributed by atoms with Crippen LogP contribution in [0.3, 0.4) is 0 Å². The molecule has 1 fully saturated rings. The van der Waals surface area contributed by atoms with Crippen LogP contribution in [0.2, 0.25) is 0 Å². The van der Waals surface area contributed by atoms with Gasteiger partial charge < -0.3 is 10.0 Å². The summed E-state index contributed by atoms with van der Waals surface area (Å²) in [5.41, 5.74) is 2.69. The fourth-order valence-electron chi connectivity index (χ4n) is 2.60. The van der Waals surface area contributed by atoms with Gasteiger partial charge in [0.25, 0.3) is 0 Å². The Morgan fingerprint density at radius 2 is 1.75 bits per heavy atom. The summed E-state index contributed by atoms with van der Waals surface area (Å²) in [4.78, 5) is 4.71. The van der Waals surface area contributed by atoms with Crippen molar-refractivity contribution in [1.82, 2.24) is 4.90 Å². The number of piperazine rings is 1. The molecule has 1 aromatic rings. The van der Waals surface area contributed by atoms with E-state index in [-0.39, 0.29) is 0 Å². The quantitative estimate of drug-likeness (QED) is 0.836. The molecule has 2 rings (SSSR count). The van der Waals surface area contributed by atoms with Crippen molar-refractivity contribution in [3.8, 4) is 0 Å². The lowest BCUT2D eigenvalue weighted by atomic mass is 10.0. The van der Waals surface area contributed by atoms with Gasteiger partial charge in [0.1, 0.15) is 0 Å². The van der Waals surface area contributed by atoms with E-state index in [1.165, 1.54) is 11.3 Å². The maximum absolute atomic E-state index is 9.60. The van der Waals surface area contributed by atoms with E-state index < -0.39 is 6.10 Å². The number of rotatable bonds is 5. The summed E-state index contributed by atoms with van der Waals surface area (Å²) in [6.45, 7) is 12.8. The lowest BCUT2D eigenvalue weighted by Gasteiger charge is -2.36. The van der Waals surface area contributed by atoms with Gasteiger partial charge in [-0.3, -0.25) is 4.90 Å². The lowest BCUT2D eigenvalue weighted by Crippen LogP contribution is -2.48. The Hall–Kier alpha value is -1.32. The van der Waals surface area contributed by atoms with Crippen LogP contribution in [-0.2, 0) is 0 Å². The molecule has 0 aliphatic carbocycles. The average Bonchev–Trinajstić information content (AvgIpc) is 2.48. The fourth-order valence-corrected chi connectivity index (χ4v) is 2.60. The van der Waals surface area contributed by atoms with Gasteiger partial charge in [0.2, 0.25) is 0 Å². The SMILES string of the molecule is C=C[C@@H](O)CN1CCN(c2ccc(C(C)C)cc2)CC1. The molecule has 1 aliphatic rings. The van der Waals surface area contributed by atoms with E-state index in [9.17, 15) is 5.11 Å². The second-order valence-electron chi connectivity index (χ2n) is 5.84. The van der Waals surface area contributed by atoms with Gasteiger partial charge in [0.05, 0.1) is 6.10 Å². The van der Waals surface area contributed by atoms with E-state index in [1.807, 2.05) is 0 Å². The number of hydrogen-bond donors (Lipinski definition) is 1. The highest BCUT2D eigenvalue weighted by atomic mass is 16.3. The number of β-amino-alcohol motifs (C(OH)–C–C–N with tert-alkyl or cyclic N) is 1. The Bertz CT molecular complexity index is 419. The highest BCUT2D eigenvalue weighted by Gasteiger charge is 2.18. The minimum Gasteiger partial charge on any atom is -0.388 e. The van der Waals surface area contributed by atoms with Crippen LogP contribution >= 0.6 is 0 Å². The van der Waals surface area contributed by atoms with E-state index in [0.29, 0.717) is 12.5 Å². The molecule has 3 nitrogen and oxygen atoms in total. The maximum Gasteiger partial charge on any atom is 0.0845 e. The molecular weight excluding hydrogens is 248 g/mol. The third-order valence-electron chi connectivity index (χ3n) is 4.01. The van der Waals surface area contributed by atoms with Gasteiger partial charge in [-0.1, -0.05) is 32.1 Å². The molecule has 3 heteroatoms. The zero-order valence-electron chi connectivity index (χ0n) is 12.6. The first-order valence-corrected chi connectivity index (χ1v) is 7.48. The molecule has 1 aromatic carbocycles. The third kappa shape index (κ3) is 3.84. The van der Waals surface area contributed by atoms with E-state index in [0.717, 1.165) is 26.2 Å². The molecule has 1 heterocycles. The number of anilines is 1. The van der Waals surface area contributed by atoms with Crippen LogP contribution in [-0.4, -0.2) is 48.8 Å². The summed E-state index contributed by atoms with van der Waals surface area (Å²) < 4.78 is 0. The van der Waals surface area contributed by atoms with E-state index >= 15 is 0 Å². The summed E-state index contributed by atoms with van der Waals surface area (Å²) in [7, 11) is 0. The van der Waals surface area contributed by atoms with Crippen molar-refractivity contribution in [2.45, 2.75) is 25.9 Å². The molecule has 0 spiro atoms. The van der Waals surface area contributed by atoms with Gasteiger partial charge in [-0.25, -0.2) is 0 Å². The molecule has 0 unspecified atom stereocenters. The smallest absolute Gasteiger partial charge is 0.0845 e. The Kier molecular flexibility index (Phi) is 5.21. The molecule has 1 atom stereocenters. The Labute approximate surface area is 122 Å². The predicted octanol–water partition coefficient (Wildman–Crippen LogP) is 2.48. The lowest BCUT2D eigenvalue weighted by molar-refractivity contribution is 0.142. The first-order chi connectivity index (χ1) is 9.60. The summed E-state index contributed by atoms with van der Waals surface area (Å²) in [6.07, 6.45) is 1.20. The first-order valence-electron chi connectivity index (χ1n) is 7.48. The highest BCUT2D eigenvalue weighted by Crippen LogP contribution is 2.21. The normalized spacial score (nSPS) is 18.3. The van der Waals surface area contributed by atoms with Crippen LogP contribution in [0.4, 0.5) is 5.69 Å². The molecule has 0 saturated carbocycles. The zero-order valence-corrected chi connectivity index (χ0v) is 12.6. The van der Waals surface area contributed by atoms with Crippen molar-refractivity contribution in [2.75, 3.05) is 37.6 Å². The molecule has 0 radical (unpaired) electrons. The third-order valence-corrected chi connectivity index (χ3v) is 4.01. The fraction of sp³-hybridized carbons (Fsp3) is 0.529. The van der Waals surface area contributed by atoms with Gasteiger partial charge in [-0.15, -0.1) is 6.58 Å². The standard InChI is InChI=1S/C17H26N2O/c1-4-17(20)13-18-9-11-19(12-10-18)16-7-5-15(6-8-16)14(2)3/h4-8,14,17,20H,1,9-13H2,2-3H3/t17-/m1/s1. The first kappa shape index (κ1) is 15.1. The zero-order chi connectivity index (χ0) is 14.5. The van der Waals surface area contributed by atoms with E-state index in [1.54, 1.807) is 6.08 Å². The molecule has 0 amide bonds. The van der Waals surface area contributed by atoms with Crippen LogP contribution < -0.4 is 4.90 Å². The van der Waals surface area contributed by atoms with Crippen molar-refractivity contribution < 1.29 is 5.11 Å². The summed E-state index contributed by atoms with van der Waals surface area (Å²) in [5.74, 6) is 0.585. The summed E-state index contributed by atoms with van der Waals surface area (Å²) >= 11 is 0. The molecule has 1 N–H and O–H groups in total. The largest absolute Gasteiger partial charge is 0.388 e. The molecule has 1 aliphatic heterocycles. The number of benzene rings is 1. The van der Waals surface area contributed by atoms with E-state index in [2.05, 4.69) is 54.5 Å². The minimum atomic E-state index is -0.410. The molecule has 1 saturated heterocycles. The minimum absolute atomic E-state index is 0.410. The van der Waals surface area contributed by atoms with Crippen LogP contribution in [0.15, 0.2) is 36.9 Å². The van der Waals surface area contributed by atoms with E-state index in [4.69, 9.17) is 0 Å². The molecule has 110 valence electrons. The van der Waals surface area contributed by atoms with Crippen molar-refractivity contribution in [3.63, 3.8) is 0 Å². The van der Waals surface area contributed by atoms with Crippen LogP contribution in [0.25, 0.3) is 0 Å². The number of aliphatic hydroxyl groups is 1. The second kappa shape index (κ2) is 6.91. The van der Waals surface area contributed by atoms with Crippen molar-refractivity contribution >= 4 is 5.69 Å². The molecule has 0 aromatic heterocycles.